The smallest absolute Gasteiger partial charge is 0.151 e. The van der Waals surface area contributed by atoms with E-state index in [2.05, 4.69) is 0 Å². The van der Waals surface area contributed by atoms with Crippen LogP contribution in [0.3, 0.4) is 0 Å². The molecule has 0 radical (unpaired) electrons. The van der Waals surface area contributed by atoms with E-state index in [1.165, 1.54) is 0 Å². The van der Waals surface area contributed by atoms with Crippen LogP contribution in [0.1, 0.15) is 10.4 Å². The van der Waals surface area contributed by atoms with Crippen LogP contribution in [0.4, 0.5) is 0 Å². The largest absolute Gasteiger partial charge is 0.298 e. The molecule has 0 aliphatic heterocycles. The lowest BCUT2D eigenvalue weighted by molar-refractivity contribution is 0.112. The fourth-order valence-corrected chi connectivity index (χ4v) is 3.09. The minimum atomic E-state index is 0.477. The minimum Gasteiger partial charge on any atom is -0.298 e. The van der Waals surface area contributed by atoms with Crippen molar-refractivity contribution in [2.45, 2.75) is 0 Å². The molecule has 0 heterocycles. The predicted molar refractivity (Wildman–Crippen MR) is 81.9 cm³/mol. The van der Waals surface area contributed by atoms with Crippen LogP contribution < -0.4 is 0 Å². The number of hydrogen-bond donors (Lipinski definition) is 0. The van der Waals surface area contributed by atoms with Crippen LogP contribution in [0.5, 0.6) is 0 Å². The normalized spacial score (nSPS) is 11.1. The molecule has 0 atom stereocenters. The first-order valence-electron chi connectivity index (χ1n) is 5.57. The first kappa shape index (κ1) is 12.7. The fraction of sp³-hybridized carbons (Fsp3) is 0. The highest BCUT2D eigenvalue weighted by molar-refractivity contribution is 6.43. The van der Waals surface area contributed by atoms with Crippen molar-refractivity contribution in [3.05, 3.63) is 57.0 Å². The Morgan fingerprint density at radius 1 is 0.842 bits per heavy atom. The zero-order chi connectivity index (χ0) is 13.6. The standard InChI is InChI=1S/C15H7Cl3O/c16-11-4-5-13(18)15-9(11)6-8-2-1-3-12(17)14(8)10(15)7-19/h1-7H. The molecule has 0 saturated heterocycles. The van der Waals surface area contributed by atoms with Gasteiger partial charge in [-0.3, -0.25) is 4.79 Å². The zero-order valence-corrected chi connectivity index (χ0v) is 11.9. The quantitative estimate of drug-likeness (QED) is 0.412. The maximum Gasteiger partial charge on any atom is 0.151 e. The second kappa shape index (κ2) is 4.68. The van der Waals surface area contributed by atoms with Crippen LogP contribution >= 0.6 is 34.8 Å². The third-order valence-corrected chi connectivity index (χ3v) is 4.10. The van der Waals surface area contributed by atoms with Gasteiger partial charge in [-0.15, -0.1) is 0 Å². The Morgan fingerprint density at radius 2 is 1.53 bits per heavy atom. The molecule has 0 bridgehead atoms. The van der Waals surface area contributed by atoms with Gasteiger partial charge in [-0.25, -0.2) is 0 Å². The highest BCUT2D eigenvalue weighted by Gasteiger charge is 2.14. The van der Waals surface area contributed by atoms with Crippen molar-refractivity contribution < 1.29 is 4.79 Å². The van der Waals surface area contributed by atoms with Gasteiger partial charge in [0.25, 0.3) is 0 Å². The van der Waals surface area contributed by atoms with E-state index in [1.807, 2.05) is 18.2 Å². The lowest BCUT2D eigenvalue weighted by Crippen LogP contribution is -1.90. The summed E-state index contributed by atoms with van der Waals surface area (Å²) >= 11 is 18.6. The van der Waals surface area contributed by atoms with Gasteiger partial charge in [0.15, 0.2) is 6.29 Å². The van der Waals surface area contributed by atoms with Gasteiger partial charge < -0.3 is 0 Å². The van der Waals surface area contributed by atoms with Crippen molar-refractivity contribution in [2.75, 3.05) is 0 Å². The van der Waals surface area contributed by atoms with E-state index in [-0.39, 0.29) is 0 Å². The van der Waals surface area contributed by atoms with Gasteiger partial charge in [0.05, 0.1) is 0 Å². The molecule has 0 N–H and O–H groups in total. The van der Waals surface area contributed by atoms with Crippen molar-refractivity contribution in [2.24, 2.45) is 0 Å². The van der Waals surface area contributed by atoms with Gasteiger partial charge >= 0.3 is 0 Å². The van der Waals surface area contributed by atoms with Gasteiger partial charge in [0.2, 0.25) is 0 Å². The maximum atomic E-state index is 11.5. The highest BCUT2D eigenvalue weighted by atomic mass is 35.5. The molecule has 0 fully saturated rings. The molecule has 19 heavy (non-hydrogen) atoms. The summed E-state index contributed by atoms with van der Waals surface area (Å²) in [4.78, 5) is 11.5. The van der Waals surface area contributed by atoms with Gasteiger partial charge in [0.1, 0.15) is 0 Å². The Morgan fingerprint density at radius 3 is 2.26 bits per heavy atom. The van der Waals surface area contributed by atoms with Gasteiger partial charge in [0, 0.05) is 36.8 Å². The fourth-order valence-electron chi connectivity index (χ4n) is 2.33. The van der Waals surface area contributed by atoms with Crippen LogP contribution in [-0.2, 0) is 0 Å². The van der Waals surface area contributed by atoms with Gasteiger partial charge in [-0.05, 0) is 29.7 Å². The monoisotopic (exact) mass is 308 g/mol. The molecular formula is C15H7Cl3O. The van der Waals surface area contributed by atoms with Crippen molar-refractivity contribution in [1.29, 1.82) is 0 Å². The number of hydrogen-bond acceptors (Lipinski definition) is 1. The summed E-state index contributed by atoms with van der Waals surface area (Å²) in [6.07, 6.45) is 0.777. The Hall–Kier alpha value is -1.28. The summed E-state index contributed by atoms with van der Waals surface area (Å²) in [6.45, 7) is 0. The van der Waals surface area contributed by atoms with E-state index in [9.17, 15) is 4.79 Å². The molecule has 3 aromatic carbocycles. The average Bonchev–Trinajstić information content (AvgIpc) is 2.41. The summed E-state index contributed by atoms with van der Waals surface area (Å²) in [5, 5.41) is 4.54. The van der Waals surface area contributed by atoms with E-state index < -0.39 is 0 Å². The Kier molecular flexibility index (Phi) is 3.14. The third kappa shape index (κ3) is 1.90. The number of aldehydes is 1. The zero-order valence-electron chi connectivity index (χ0n) is 9.58. The Labute approximate surface area is 124 Å². The average molecular weight is 310 g/mol. The molecule has 0 aliphatic rings. The molecule has 4 heteroatoms. The van der Waals surface area contributed by atoms with Crippen LogP contribution in [0, 0.1) is 0 Å². The first-order valence-corrected chi connectivity index (χ1v) is 6.71. The summed E-state index contributed by atoms with van der Waals surface area (Å²) in [7, 11) is 0. The molecule has 3 rings (SSSR count). The summed E-state index contributed by atoms with van der Waals surface area (Å²) in [5.74, 6) is 0. The van der Waals surface area contributed by atoms with Crippen molar-refractivity contribution in [3.8, 4) is 0 Å². The summed E-state index contributed by atoms with van der Waals surface area (Å²) < 4.78 is 0. The van der Waals surface area contributed by atoms with E-state index in [0.29, 0.717) is 31.4 Å². The first-order chi connectivity index (χ1) is 9.13. The number of halogens is 3. The second-order valence-corrected chi connectivity index (χ2v) is 5.42. The number of rotatable bonds is 1. The molecule has 0 aliphatic carbocycles. The third-order valence-electron chi connectivity index (χ3n) is 3.14. The number of benzene rings is 3. The maximum absolute atomic E-state index is 11.5. The Balaban J connectivity index is 2.69. The molecule has 0 spiro atoms. The van der Waals surface area contributed by atoms with Crippen LogP contribution in [0.25, 0.3) is 21.5 Å². The van der Waals surface area contributed by atoms with E-state index in [1.54, 1.807) is 18.2 Å². The lowest BCUT2D eigenvalue weighted by atomic mass is 9.97. The number of carbonyl (C=O) groups is 1. The van der Waals surface area contributed by atoms with Crippen molar-refractivity contribution in [3.63, 3.8) is 0 Å². The number of fused-ring (bicyclic) bond motifs is 2. The molecule has 0 aromatic heterocycles. The molecule has 94 valence electrons. The molecule has 1 nitrogen and oxygen atoms in total. The van der Waals surface area contributed by atoms with Crippen LogP contribution in [0.2, 0.25) is 15.1 Å². The molecular weight excluding hydrogens is 303 g/mol. The SMILES string of the molecule is O=Cc1c2c(Cl)cccc2cc2c(Cl)ccc(Cl)c12. The van der Waals surface area contributed by atoms with E-state index >= 15 is 0 Å². The van der Waals surface area contributed by atoms with Gasteiger partial charge in [-0.1, -0.05) is 46.9 Å². The predicted octanol–water partition coefficient (Wildman–Crippen LogP) is 5.77. The topological polar surface area (TPSA) is 17.1 Å². The van der Waals surface area contributed by atoms with Gasteiger partial charge in [-0.2, -0.15) is 0 Å². The van der Waals surface area contributed by atoms with E-state index in [0.717, 1.165) is 17.1 Å². The summed E-state index contributed by atoms with van der Waals surface area (Å²) in [5.41, 5.74) is 0.477. The molecule has 0 amide bonds. The highest BCUT2D eigenvalue weighted by Crippen LogP contribution is 2.38. The summed E-state index contributed by atoms with van der Waals surface area (Å²) in [6, 6.07) is 10.8. The second-order valence-electron chi connectivity index (χ2n) is 4.20. The minimum absolute atomic E-state index is 0.477. The van der Waals surface area contributed by atoms with Crippen LogP contribution in [0.15, 0.2) is 36.4 Å². The lowest BCUT2D eigenvalue weighted by Gasteiger charge is -2.10. The van der Waals surface area contributed by atoms with E-state index in [4.69, 9.17) is 34.8 Å². The van der Waals surface area contributed by atoms with Crippen molar-refractivity contribution >= 4 is 62.6 Å². The van der Waals surface area contributed by atoms with Crippen molar-refractivity contribution in [1.82, 2.24) is 0 Å². The molecule has 0 saturated carbocycles. The molecule has 3 aromatic rings. The number of carbonyl (C=O) groups excluding carboxylic acids is 1. The van der Waals surface area contributed by atoms with Crippen LogP contribution in [-0.4, -0.2) is 6.29 Å². The molecule has 0 unspecified atom stereocenters. The Bertz CT molecular complexity index is 825.